The second kappa shape index (κ2) is 4.26. The molecule has 2 rings (SSSR count). The van der Waals surface area contributed by atoms with Crippen molar-refractivity contribution in [2.75, 3.05) is 0 Å². The Kier molecular flexibility index (Phi) is 3.17. The van der Waals surface area contributed by atoms with E-state index in [1.807, 2.05) is 0 Å². The van der Waals surface area contributed by atoms with Crippen molar-refractivity contribution in [3.63, 3.8) is 0 Å². The van der Waals surface area contributed by atoms with E-state index in [1.165, 1.54) is 0 Å². The van der Waals surface area contributed by atoms with Gasteiger partial charge in [0.15, 0.2) is 6.29 Å². The van der Waals surface area contributed by atoms with Gasteiger partial charge in [-0.3, -0.25) is 0 Å². The topological polar surface area (TPSA) is 18.5 Å². The number of hydrogen-bond donors (Lipinski definition) is 0. The van der Waals surface area contributed by atoms with E-state index >= 15 is 0 Å². The second-order valence-corrected chi connectivity index (χ2v) is 5.67. The van der Waals surface area contributed by atoms with Crippen LogP contribution in [0.25, 0.3) is 0 Å². The number of allylic oxidation sites excluding steroid dienone is 2. The molecule has 1 aliphatic heterocycles. The number of hydrogen-bond acceptors (Lipinski definition) is 2. The van der Waals surface area contributed by atoms with Crippen molar-refractivity contribution >= 4 is 0 Å². The maximum absolute atomic E-state index is 6.01. The highest BCUT2D eigenvalue weighted by atomic mass is 16.7. The van der Waals surface area contributed by atoms with Crippen molar-refractivity contribution in [2.24, 2.45) is 5.41 Å². The average molecular weight is 210 g/mol. The molecule has 0 aromatic rings. The molecule has 1 fully saturated rings. The van der Waals surface area contributed by atoms with Crippen molar-refractivity contribution < 1.29 is 9.47 Å². The van der Waals surface area contributed by atoms with Gasteiger partial charge in [0.05, 0.1) is 12.2 Å². The molecule has 0 bridgehead atoms. The van der Waals surface area contributed by atoms with Crippen molar-refractivity contribution in [3.05, 3.63) is 12.2 Å². The first-order valence-corrected chi connectivity index (χ1v) is 6.03. The Bertz CT molecular complexity index is 221. The summed E-state index contributed by atoms with van der Waals surface area (Å²) in [5.41, 5.74) is 0.0917. The highest BCUT2D eigenvalue weighted by Gasteiger charge is 2.40. The van der Waals surface area contributed by atoms with Gasteiger partial charge in [0.2, 0.25) is 0 Å². The molecule has 0 aromatic carbocycles. The van der Waals surface area contributed by atoms with E-state index < -0.39 is 0 Å². The van der Waals surface area contributed by atoms with E-state index in [-0.39, 0.29) is 11.7 Å². The Hall–Kier alpha value is -0.340. The standard InChI is InChI=1S/C13H22O2/c1-13(2,3)12-14-10-8-6-4-5-7-9-11(10)15-12/h4-5,10-12H,6-9H2,1-3H3/b5-4-. The summed E-state index contributed by atoms with van der Waals surface area (Å²) in [4.78, 5) is 0. The van der Waals surface area contributed by atoms with Gasteiger partial charge >= 0.3 is 0 Å². The SMILES string of the molecule is CC(C)(C)C1OC2CC/C=C\CCC2O1. The van der Waals surface area contributed by atoms with Crippen LogP contribution in [0.3, 0.4) is 0 Å². The average Bonchev–Trinajstić information content (AvgIpc) is 2.46. The minimum Gasteiger partial charge on any atom is -0.346 e. The first kappa shape index (κ1) is 11.2. The molecule has 1 saturated heterocycles. The zero-order valence-electron chi connectivity index (χ0n) is 10.0. The van der Waals surface area contributed by atoms with Crippen LogP contribution in [-0.4, -0.2) is 18.5 Å². The molecule has 1 heterocycles. The van der Waals surface area contributed by atoms with Gasteiger partial charge in [-0.15, -0.1) is 0 Å². The van der Waals surface area contributed by atoms with E-state index in [9.17, 15) is 0 Å². The van der Waals surface area contributed by atoms with Crippen LogP contribution in [0.2, 0.25) is 0 Å². The maximum Gasteiger partial charge on any atom is 0.163 e. The summed E-state index contributed by atoms with van der Waals surface area (Å²) in [6, 6.07) is 0. The highest BCUT2D eigenvalue weighted by Crippen LogP contribution is 2.35. The molecule has 2 nitrogen and oxygen atoms in total. The fraction of sp³-hybridized carbons (Fsp3) is 0.846. The lowest BCUT2D eigenvalue weighted by molar-refractivity contribution is -0.132. The monoisotopic (exact) mass is 210 g/mol. The van der Waals surface area contributed by atoms with Gasteiger partial charge in [0, 0.05) is 5.41 Å². The van der Waals surface area contributed by atoms with Crippen LogP contribution < -0.4 is 0 Å². The molecule has 2 unspecified atom stereocenters. The zero-order valence-corrected chi connectivity index (χ0v) is 10.0. The highest BCUT2D eigenvalue weighted by molar-refractivity contribution is 4.91. The quantitative estimate of drug-likeness (QED) is 0.571. The van der Waals surface area contributed by atoms with Gasteiger partial charge in [-0.25, -0.2) is 0 Å². The van der Waals surface area contributed by atoms with E-state index in [0.29, 0.717) is 12.2 Å². The maximum atomic E-state index is 6.01. The Labute approximate surface area is 92.6 Å². The predicted molar refractivity (Wildman–Crippen MR) is 60.6 cm³/mol. The molecule has 0 N–H and O–H groups in total. The summed E-state index contributed by atoms with van der Waals surface area (Å²) in [5, 5.41) is 0. The lowest BCUT2D eigenvalue weighted by Crippen LogP contribution is -2.27. The lowest BCUT2D eigenvalue weighted by atomic mass is 9.96. The number of fused-ring (bicyclic) bond motifs is 1. The molecule has 0 saturated carbocycles. The van der Waals surface area contributed by atoms with Crippen LogP contribution in [-0.2, 0) is 9.47 Å². The van der Waals surface area contributed by atoms with E-state index in [4.69, 9.17) is 9.47 Å². The van der Waals surface area contributed by atoms with Crippen LogP contribution >= 0.6 is 0 Å². The Balaban J connectivity index is 2.00. The van der Waals surface area contributed by atoms with Crippen LogP contribution in [0, 0.1) is 5.41 Å². The van der Waals surface area contributed by atoms with E-state index in [0.717, 1.165) is 25.7 Å². The summed E-state index contributed by atoms with van der Waals surface area (Å²) >= 11 is 0. The van der Waals surface area contributed by atoms with Gasteiger partial charge < -0.3 is 9.47 Å². The smallest absolute Gasteiger partial charge is 0.163 e. The van der Waals surface area contributed by atoms with Crippen LogP contribution in [0.5, 0.6) is 0 Å². The van der Waals surface area contributed by atoms with Gasteiger partial charge in [-0.1, -0.05) is 32.9 Å². The van der Waals surface area contributed by atoms with Crippen molar-refractivity contribution in [2.45, 2.75) is 65.0 Å². The molecule has 0 radical (unpaired) electrons. The normalized spacial score (nSPS) is 39.3. The largest absolute Gasteiger partial charge is 0.346 e. The van der Waals surface area contributed by atoms with Crippen LogP contribution in [0.15, 0.2) is 12.2 Å². The third-order valence-corrected chi connectivity index (χ3v) is 3.12. The van der Waals surface area contributed by atoms with E-state index in [2.05, 4.69) is 32.9 Å². The fourth-order valence-corrected chi connectivity index (χ4v) is 2.20. The molecule has 0 spiro atoms. The lowest BCUT2D eigenvalue weighted by Gasteiger charge is -2.25. The predicted octanol–water partition coefficient (Wildman–Crippen LogP) is 3.27. The third kappa shape index (κ3) is 2.61. The summed E-state index contributed by atoms with van der Waals surface area (Å²) in [5.74, 6) is 0. The summed E-state index contributed by atoms with van der Waals surface area (Å²) in [7, 11) is 0. The Morgan fingerprint density at radius 2 is 1.40 bits per heavy atom. The van der Waals surface area contributed by atoms with Gasteiger partial charge in [-0.05, 0) is 25.7 Å². The number of ether oxygens (including phenoxy) is 2. The van der Waals surface area contributed by atoms with Gasteiger partial charge in [0.25, 0.3) is 0 Å². The molecule has 2 aliphatic rings. The first-order valence-electron chi connectivity index (χ1n) is 6.03. The summed E-state index contributed by atoms with van der Waals surface area (Å²) < 4.78 is 12.0. The van der Waals surface area contributed by atoms with Crippen molar-refractivity contribution in [1.82, 2.24) is 0 Å². The molecule has 86 valence electrons. The fourth-order valence-electron chi connectivity index (χ4n) is 2.20. The Morgan fingerprint density at radius 3 is 1.80 bits per heavy atom. The molecule has 2 atom stereocenters. The third-order valence-electron chi connectivity index (χ3n) is 3.12. The van der Waals surface area contributed by atoms with Gasteiger partial charge in [0.1, 0.15) is 0 Å². The first-order chi connectivity index (χ1) is 7.07. The summed E-state index contributed by atoms with van der Waals surface area (Å²) in [6.45, 7) is 6.53. The zero-order chi connectivity index (χ0) is 10.9. The molecule has 15 heavy (non-hydrogen) atoms. The van der Waals surface area contributed by atoms with E-state index in [1.54, 1.807) is 0 Å². The Morgan fingerprint density at radius 1 is 0.933 bits per heavy atom. The molecular weight excluding hydrogens is 188 g/mol. The molecular formula is C13H22O2. The number of rotatable bonds is 0. The molecule has 0 aromatic heterocycles. The molecule has 0 amide bonds. The van der Waals surface area contributed by atoms with Crippen LogP contribution in [0.4, 0.5) is 0 Å². The van der Waals surface area contributed by atoms with Crippen molar-refractivity contribution in [1.29, 1.82) is 0 Å². The minimum atomic E-state index is -0.0226. The second-order valence-electron chi connectivity index (χ2n) is 5.67. The van der Waals surface area contributed by atoms with Crippen molar-refractivity contribution in [3.8, 4) is 0 Å². The minimum absolute atomic E-state index is 0.0226. The summed E-state index contributed by atoms with van der Waals surface area (Å²) in [6.07, 6.45) is 9.61. The molecule has 1 aliphatic carbocycles. The van der Waals surface area contributed by atoms with Crippen LogP contribution in [0.1, 0.15) is 46.5 Å². The van der Waals surface area contributed by atoms with Gasteiger partial charge in [-0.2, -0.15) is 0 Å². The molecule has 2 heteroatoms.